The summed E-state index contributed by atoms with van der Waals surface area (Å²) in [6.45, 7) is 0.426. The van der Waals surface area contributed by atoms with Gasteiger partial charge in [-0.1, -0.05) is 12.1 Å². The van der Waals surface area contributed by atoms with Crippen LogP contribution in [0.15, 0.2) is 42.5 Å². The average molecular weight is 486 g/mol. The van der Waals surface area contributed by atoms with E-state index in [9.17, 15) is 27.6 Å². The van der Waals surface area contributed by atoms with Crippen molar-refractivity contribution in [2.75, 3.05) is 24.5 Å². The molecule has 1 saturated heterocycles. The van der Waals surface area contributed by atoms with Gasteiger partial charge in [0.25, 0.3) is 17.7 Å². The van der Waals surface area contributed by atoms with Gasteiger partial charge in [0, 0.05) is 13.1 Å². The van der Waals surface area contributed by atoms with E-state index in [1.165, 1.54) is 17.0 Å². The number of rotatable bonds is 6. The summed E-state index contributed by atoms with van der Waals surface area (Å²) in [7, 11) is 0. The highest BCUT2D eigenvalue weighted by Gasteiger charge is 2.38. The third kappa shape index (κ3) is 4.12. The first-order chi connectivity index (χ1) is 16.1. The standard InChI is InChI=1S/C23H17F3N4O3S/c24-23(25,26)18-11-15(8-7-14(18)12-27)30-19(31)13-28(22(30)34)9-3-4-10-29-20(32)16-5-1-2-6-17(16)21(29)33/h1-2,5-8,11H,3-4,9-10,13H2. The summed E-state index contributed by atoms with van der Waals surface area (Å²) in [6, 6.07) is 11.1. The second-order valence-corrected chi connectivity index (χ2v) is 8.15. The number of nitriles is 1. The van der Waals surface area contributed by atoms with Gasteiger partial charge < -0.3 is 4.90 Å². The number of unbranched alkanes of at least 4 members (excludes halogenated alkanes) is 1. The number of imide groups is 1. The zero-order valence-corrected chi connectivity index (χ0v) is 18.4. The van der Waals surface area contributed by atoms with E-state index in [1.807, 2.05) is 0 Å². The van der Waals surface area contributed by atoms with Gasteiger partial charge >= 0.3 is 6.18 Å². The fourth-order valence-corrected chi connectivity index (χ4v) is 4.36. The molecule has 4 rings (SSSR count). The van der Waals surface area contributed by atoms with Crippen molar-refractivity contribution in [1.29, 1.82) is 5.26 Å². The molecule has 2 aliphatic rings. The number of fused-ring (bicyclic) bond motifs is 1. The Labute approximate surface area is 198 Å². The van der Waals surface area contributed by atoms with Crippen LogP contribution in [0.25, 0.3) is 0 Å². The highest BCUT2D eigenvalue weighted by atomic mass is 32.1. The van der Waals surface area contributed by atoms with Crippen molar-refractivity contribution in [3.8, 4) is 6.07 Å². The lowest BCUT2D eigenvalue weighted by Gasteiger charge is -2.22. The Bertz CT molecular complexity index is 1220. The number of benzene rings is 2. The largest absolute Gasteiger partial charge is 0.417 e. The van der Waals surface area contributed by atoms with E-state index < -0.39 is 23.2 Å². The average Bonchev–Trinajstić information content (AvgIpc) is 3.22. The minimum atomic E-state index is -4.75. The van der Waals surface area contributed by atoms with Crippen LogP contribution in [0.4, 0.5) is 18.9 Å². The monoisotopic (exact) mass is 486 g/mol. The molecule has 7 nitrogen and oxygen atoms in total. The number of amides is 3. The first kappa shape index (κ1) is 23.4. The number of hydrogen-bond donors (Lipinski definition) is 0. The van der Waals surface area contributed by atoms with Crippen LogP contribution < -0.4 is 4.90 Å². The van der Waals surface area contributed by atoms with Crippen molar-refractivity contribution in [3.05, 3.63) is 64.7 Å². The summed E-state index contributed by atoms with van der Waals surface area (Å²) in [5, 5.41) is 9.02. The van der Waals surface area contributed by atoms with Gasteiger partial charge in [-0.25, -0.2) is 0 Å². The van der Waals surface area contributed by atoms with Crippen molar-refractivity contribution in [1.82, 2.24) is 9.80 Å². The van der Waals surface area contributed by atoms with Crippen LogP contribution in [0.3, 0.4) is 0 Å². The number of alkyl halides is 3. The molecule has 2 aliphatic heterocycles. The maximum absolute atomic E-state index is 13.3. The third-order valence-electron chi connectivity index (χ3n) is 5.66. The Morgan fingerprint density at radius 3 is 2.18 bits per heavy atom. The molecule has 0 radical (unpaired) electrons. The Hall–Kier alpha value is -3.78. The molecule has 3 amide bonds. The molecule has 174 valence electrons. The van der Waals surface area contributed by atoms with Gasteiger partial charge in [0.2, 0.25) is 0 Å². The molecule has 0 N–H and O–H groups in total. The molecule has 0 aliphatic carbocycles. The summed E-state index contributed by atoms with van der Waals surface area (Å²) in [5.41, 5.74) is -0.999. The summed E-state index contributed by atoms with van der Waals surface area (Å²) in [4.78, 5) is 41.1. The summed E-state index contributed by atoms with van der Waals surface area (Å²) < 4.78 is 39.9. The third-order valence-corrected chi connectivity index (χ3v) is 6.10. The van der Waals surface area contributed by atoms with Gasteiger partial charge in [-0.05, 0) is 55.4 Å². The fourth-order valence-electron chi connectivity index (χ4n) is 4.00. The van der Waals surface area contributed by atoms with Crippen LogP contribution in [0, 0.1) is 11.3 Å². The van der Waals surface area contributed by atoms with Crippen LogP contribution in [0.1, 0.15) is 44.7 Å². The van der Waals surface area contributed by atoms with Crippen molar-refractivity contribution >= 4 is 40.7 Å². The zero-order chi connectivity index (χ0) is 24.6. The van der Waals surface area contributed by atoms with Gasteiger partial charge in [-0.15, -0.1) is 0 Å². The molecule has 2 aromatic carbocycles. The molecule has 0 atom stereocenters. The SMILES string of the molecule is N#Cc1ccc(N2C(=O)CN(CCCCN3C(=O)c4ccccc4C3=O)C2=S)cc1C(F)(F)F. The van der Waals surface area contributed by atoms with Gasteiger partial charge in [-0.2, -0.15) is 18.4 Å². The maximum Gasteiger partial charge on any atom is 0.417 e. The topological polar surface area (TPSA) is 84.7 Å². The van der Waals surface area contributed by atoms with E-state index in [0.29, 0.717) is 30.5 Å². The molecule has 11 heteroatoms. The predicted octanol–water partition coefficient (Wildman–Crippen LogP) is 3.59. The summed E-state index contributed by atoms with van der Waals surface area (Å²) in [5.74, 6) is -1.18. The zero-order valence-electron chi connectivity index (χ0n) is 17.6. The number of hydrogen-bond acceptors (Lipinski definition) is 5. The smallest absolute Gasteiger partial charge is 0.339 e. The van der Waals surface area contributed by atoms with Crippen molar-refractivity contribution in [2.45, 2.75) is 19.0 Å². The molecule has 0 aromatic heterocycles. The molecule has 34 heavy (non-hydrogen) atoms. The Morgan fingerprint density at radius 1 is 0.971 bits per heavy atom. The van der Waals surface area contributed by atoms with Gasteiger partial charge in [0.05, 0.1) is 40.6 Å². The number of carbonyl (C=O) groups is 3. The van der Waals surface area contributed by atoms with E-state index >= 15 is 0 Å². The molecule has 2 heterocycles. The molecular weight excluding hydrogens is 469 g/mol. The number of anilines is 1. The number of halogens is 3. The van der Waals surface area contributed by atoms with Crippen LogP contribution in [-0.4, -0.2) is 52.3 Å². The summed E-state index contributed by atoms with van der Waals surface area (Å²) in [6.07, 6.45) is -3.79. The minimum Gasteiger partial charge on any atom is -0.339 e. The Balaban J connectivity index is 1.38. The lowest BCUT2D eigenvalue weighted by molar-refractivity contribution is -0.137. The molecule has 2 aromatic rings. The van der Waals surface area contributed by atoms with Crippen molar-refractivity contribution < 1.29 is 27.6 Å². The van der Waals surface area contributed by atoms with Crippen molar-refractivity contribution in [2.24, 2.45) is 0 Å². The van der Waals surface area contributed by atoms with Gasteiger partial charge in [-0.3, -0.25) is 24.2 Å². The normalized spacial score (nSPS) is 15.9. The number of nitrogens with zero attached hydrogens (tertiary/aromatic N) is 4. The van der Waals surface area contributed by atoms with Gasteiger partial charge in [0.15, 0.2) is 5.11 Å². The summed E-state index contributed by atoms with van der Waals surface area (Å²) >= 11 is 5.33. The second-order valence-electron chi connectivity index (χ2n) is 7.79. The first-order valence-corrected chi connectivity index (χ1v) is 10.7. The minimum absolute atomic E-state index is 0.0589. The highest BCUT2D eigenvalue weighted by molar-refractivity contribution is 7.80. The number of carbonyl (C=O) groups excluding carboxylic acids is 3. The molecule has 1 fully saturated rings. The quantitative estimate of drug-likeness (QED) is 0.353. The Morgan fingerprint density at radius 2 is 1.59 bits per heavy atom. The maximum atomic E-state index is 13.3. The molecule has 0 saturated carbocycles. The van der Waals surface area contributed by atoms with E-state index in [2.05, 4.69) is 0 Å². The Kier molecular flexibility index (Phi) is 6.10. The first-order valence-electron chi connectivity index (χ1n) is 10.3. The molecule has 0 bridgehead atoms. The highest BCUT2D eigenvalue weighted by Crippen LogP contribution is 2.35. The molecule has 0 unspecified atom stereocenters. The van der Waals surface area contributed by atoms with Crippen LogP contribution >= 0.6 is 12.2 Å². The van der Waals surface area contributed by atoms with E-state index in [4.69, 9.17) is 17.5 Å². The molecular formula is C23H17F3N4O3S. The van der Waals surface area contributed by atoms with E-state index in [0.717, 1.165) is 17.0 Å². The van der Waals surface area contributed by atoms with Crippen LogP contribution in [-0.2, 0) is 11.0 Å². The van der Waals surface area contributed by atoms with E-state index in [1.54, 1.807) is 29.2 Å². The van der Waals surface area contributed by atoms with Crippen LogP contribution in [0.5, 0.6) is 0 Å². The van der Waals surface area contributed by atoms with Crippen LogP contribution in [0.2, 0.25) is 0 Å². The van der Waals surface area contributed by atoms with Crippen molar-refractivity contribution in [3.63, 3.8) is 0 Å². The van der Waals surface area contributed by atoms with Gasteiger partial charge in [0.1, 0.15) is 0 Å². The number of thiocarbonyl (C=S) groups is 1. The molecule has 0 spiro atoms. The lowest BCUT2D eigenvalue weighted by Crippen LogP contribution is -2.34. The lowest BCUT2D eigenvalue weighted by atomic mass is 10.1. The van der Waals surface area contributed by atoms with E-state index in [-0.39, 0.29) is 35.7 Å². The fraction of sp³-hybridized carbons (Fsp3) is 0.261. The second kappa shape index (κ2) is 8.87. The predicted molar refractivity (Wildman–Crippen MR) is 119 cm³/mol.